The van der Waals surface area contributed by atoms with E-state index >= 15 is 0 Å². The molecule has 0 bridgehead atoms. The van der Waals surface area contributed by atoms with Crippen molar-refractivity contribution in [2.24, 2.45) is 11.5 Å². The van der Waals surface area contributed by atoms with Crippen molar-refractivity contribution in [2.45, 2.75) is 114 Å². The lowest BCUT2D eigenvalue weighted by Crippen LogP contribution is -2.45. The van der Waals surface area contributed by atoms with Crippen LogP contribution in [0.15, 0.2) is 126 Å². The predicted molar refractivity (Wildman–Crippen MR) is 330 cm³/mol. The number of amides is 2. The first-order chi connectivity index (χ1) is 40.1. The van der Waals surface area contributed by atoms with Crippen molar-refractivity contribution >= 4 is 89.2 Å². The van der Waals surface area contributed by atoms with Crippen LogP contribution in [0.25, 0.3) is 0 Å². The van der Waals surface area contributed by atoms with Crippen LogP contribution in [-0.4, -0.2) is 140 Å². The summed E-state index contributed by atoms with van der Waals surface area (Å²) in [6.07, 6.45) is -0.244. The van der Waals surface area contributed by atoms with E-state index in [0.717, 1.165) is 29.4 Å². The number of hydrogen-bond acceptors (Lipinski definition) is 22. The molecule has 0 unspecified atom stereocenters. The van der Waals surface area contributed by atoms with Crippen LogP contribution in [0.4, 0.5) is 9.59 Å². The minimum Gasteiger partial charge on any atom is -0.508 e. The molecular formula is C58H79Cl3N4O20S2. The third-order valence-electron chi connectivity index (χ3n) is 10.4. The highest BCUT2D eigenvalue weighted by molar-refractivity contribution is 8.26. The Balaban J connectivity index is 0. The number of aromatic hydroxyl groups is 3. The molecule has 29 heteroatoms. The number of esters is 4. The number of carbonyl (C=O) groups excluding carboxylic acids is 6. The second-order valence-electron chi connectivity index (χ2n) is 19.7. The number of phenols is 3. The average Bonchev–Trinajstić information content (AvgIpc) is 3.26. The highest BCUT2D eigenvalue weighted by atomic mass is 36.0. The fourth-order valence-corrected chi connectivity index (χ4v) is 7.41. The van der Waals surface area contributed by atoms with Crippen molar-refractivity contribution in [3.05, 3.63) is 149 Å². The summed E-state index contributed by atoms with van der Waals surface area (Å²) < 4.78 is 67.8. The topological polar surface area (TPSA) is 375 Å². The third-order valence-corrected chi connectivity index (χ3v) is 11.7. The van der Waals surface area contributed by atoms with E-state index in [9.17, 15) is 42.3 Å². The van der Waals surface area contributed by atoms with E-state index in [1.54, 1.807) is 126 Å². The monoisotopic (exact) mass is 1320 g/mol. The first-order valence-corrected chi connectivity index (χ1v) is 29.8. The van der Waals surface area contributed by atoms with Gasteiger partial charge < -0.3 is 75.1 Å². The van der Waals surface area contributed by atoms with Crippen molar-refractivity contribution in [2.75, 3.05) is 35.5 Å². The molecule has 484 valence electrons. The fraction of sp³-hybridized carbons (Fsp3) is 0.379. The van der Waals surface area contributed by atoms with Gasteiger partial charge >= 0.3 is 46.2 Å². The molecule has 0 aromatic heterocycles. The number of phenolic OH excluding ortho intramolecular Hbond substituents is 3. The quantitative estimate of drug-likeness (QED) is 0.0196. The van der Waals surface area contributed by atoms with E-state index in [1.807, 2.05) is 6.92 Å². The number of nitrogens with one attached hydrogen (secondary N) is 2. The molecule has 5 rings (SSSR count). The van der Waals surface area contributed by atoms with Crippen molar-refractivity contribution < 1.29 is 94.4 Å². The molecule has 24 nitrogen and oxygen atoms in total. The number of carbonyl (C=O) groups is 6. The van der Waals surface area contributed by atoms with Gasteiger partial charge in [0, 0.05) is 41.3 Å². The molecule has 0 aliphatic carbocycles. The van der Waals surface area contributed by atoms with Gasteiger partial charge in [-0.3, -0.25) is 9.59 Å². The second-order valence-corrected chi connectivity index (χ2v) is 23.8. The molecular weight excluding hydrogens is 1240 g/mol. The van der Waals surface area contributed by atoms with Crippen LogP contribution >= 0.6 is 33.8 Å². The lowest BCUT2D eigenvalue weighted by Gasteiger charge is -2.22. The summed E-state index contributed by atoms with van der Waals surface area (Å²) in [6.45, 7) is 12.2. The van der Waals surface area contributed by atoms with E-state index in [1.165, 1.54) is 64.8 Å². The van der Waals surface area contributed by atoms with Gasteiger partial charge in [0.2, 0.25) is 9.23 Å². The number of aliphatic hydroxyl groups excluding tert-OH is 1. The molecule has 0 saturated carbocycles. The molecule has 0 saturated heterocycles. The van der Waals surface area contributed by atoms with E-state index in [-0.39, 0.29) is 53.1 Å². The highest BCUT2D eigenvalue weighted by Gasteiger charge is 2.27. The zero-order valence-electron chi connectivity index (χ0n) is 50.1. The van der Waals surface area contributed by atoms with Crippen molar-refractivity contribution in [3.8, 4) is 23.0 Å². The molecule has 0 aliphatic heterocycles. The summed E-state index contributed by atoms with van der Waals surface area (Å²) in [5.74, 6) is -1.41. The Bertz CT molecular complexity index is 2920. The Labute approximate surface area is 525 Å². The minimum absolute atomic E-state index is 0. The Hall–Kier alpha value is -7.43. The Morgan fingerprint density at radius 3 is 1.03 bits per heavy atom. The number of alkyl carbamates (subject to hydrolysis) is 2. The van der Waals surface area contributed by atoms with Crippen LogP contribution in [0.1, 0.15) is 69.4 Å². The van der Waals surface area contributed by atoms with Crippen LogP contribution in [0, 0.1) is 6.92 Å². The van der Waals surface area contributed by atoms with Gasteiger partial charge in [-0.15, -0.1) is 12.4 Å². The normalized spacial score (nSPS) is 11.8. The van der Waals surface area contributed by atoms with Gasteiger partial charge in [-0.25, -0.2) is 23.4 Å². The number of aryl methyl sites for hydroxylation is 1. The molecule has 2 amide bonds. The van der Waals surface area contributed by atoms with Gasteiger partial charge in [0.1, 0.15) is 63.3 Å². The maximum Gasteiger partial charge on any atom is 0.408 e. The van der Waals surface area contributed by atoms with Crippen LogP contribution < -0.4 is 26.3 Å². The number of aliphatic hydroxyl groups is 1. The van der Waals surface area contributed by atoms with Crippen LogP contribution in [-0.2, 0) is 92.6 Å². The van der Waals surface area contributed by atoms with Crippen molar-refractivity contribution in [3.63, 3.8) is 0 Å². The Morgan fingerprint density at radius 1 is 0.506 bits per heavy atom. The van der Waals surface area contributed by atoms with Crippen molar-refractivity contribution in [1.29, 1.82) is 0 Å². The van der Waals surface area contributed by atoms with E-state index in [2.05, 4.69) is 46.2 Å². The highest BCUT2D eigenvalue weighted by Crippen LogP contribution is 2.21. The summed E-state index contributed by atoms with van der Waals surface area (Å²) in [4.78, 5) is 69.6. The zero-order chi connectivity index (χ0) is 66.0. The maximum atomic E-state index is 12.4. The van der Waals surface area contributed by atoms with E-state index < -0.39 is 90.8 Å². The number of hydrogen-bond donors (Lipinski definition) is 8. The predicted octanol–water partition coefficient (Wildman–Crippen LogP) is 7.32. The second kappa shape index (κ2) is 41.6. The molecule has 87 heavy (non-hydrogen) atoms. The molecule has 10 N–H and O–H groups in total. The molecule has 0 aliphatic rings. The molecule has 5 aromatic carbocycles. The first kappa shape index (κ1) is 81.6. The van der Waals surface area contributed by atoms with E-state index in [0.29, 0.717) is 18.4 Å². The van der Waals surface area contributed by atoms with Gasteiger partial charge in [-0.05, 0) is 144 Å². The van der Waals surface area contributed by atoms with Gasteiger partial charge in [0.25, 0.3) is 0 Å². The summed E-state index contributed by atoms with van der Waals surface area (Å²) in [5.41, 5.74) is 13.9. The lowest BCUT2D eigenvalue weighted by molar-refractivity contribution is -0.143. The largest absolute Gasteiger partial charge is 0.508 e. The van der Waals surface area contributed by atoms with Gasteiger partial charge in [-0.1, -0.05) is 66.2 Å². The van der Waals surface area contributed by atoms with Gasteiger partial charge in [-0.2, -0.15) is 8.42 Å². The Kier molecular flexibility index (Phi) is 39.1. The van der Waals surface area contributed by atoms with Crippen LogP contribution in [0.3, 0.4) is 0 Å². The summed E-state index contributed by atoms with van der Waals surface area (Å²) in [6, 6.07) is 28.8. The standard InChI is InChI=1S/C22H27NO7S.C15H21NO5.2C10H13NO3.CH4O.Cl2OS.ClH/c1-15-6-12-18(13-7-15)31(26,27)30-17-10-8-16(9-11-17)14-19(20(24)28-5)23-21(25)29-22(2,3)4;1-15(2,3)21-14(19)16-12(13(18)20-4)9-10-5-7-11(17)8-6-10;2*1-14-10(13)9(11)6-7-2-4-8(12)5-3-7;1-2;1-4(2)3;/h6-13,19H,14H2,1-5H3,(H,23,25);5-8,12,17H,9H2,1-4H3,(H,16,19);2*2-5,9,12H,6,11H2,1H3;2H,1H3;;1H/t19-;12-;2*9-;;;/m0000.../s1. The third kappa shape index (κ3) is 37.0. The fourth-order valence-electron chi connectivity index (χ4n) is 6.48. The van der Waals surface area contributed by atoms with Crippen LogP contribution in [0.5, 0.6) is 23.0 Å². The summed E-state index contributed by atoms with van der Waals surface area (Å²) >= 11 is 0. The number of nitrogens with two attached hydrogens (primary N) is 2. The molecule has 0 spiro atoms. The summed E-state index contributed by atoms with van der Waals surface area (Å²) in [5, 5.41) is 39.3. The molecule has 4 atom stereocenters. The van der Waals surface area contributed by atoms with E-state index in [4.69, 9.17) is 49.4 Å². The number of halogens is 3. The number of ether oxygens (including phenoxy) is 6. The Morgan fingerprint density at radius 2 is 0.770 bits per heavy atom. The lowest BCUT2D eigenvalue weighted by atomic mass is 10.1. The van der Waals surface area contributed by atoms with Crippen molar-refractivity contribution in [1.82, 2.24) is 10.6 Å². The van der Waals surface area contributed by atoms with Gasteiger partial charge in [0.05, 0.1) is 28.4 Å². The molecule has 0 heterocycles. The molecule has 5 aromatic rings. The number of benzene rings is 5. The van der Waals surface area contributed by atoms with Gasteiger partial charge in [0.15, 0.2) is 0 Å². The number of methoxy groups -OCH3 is 4. The summed E-state index contributed by atoms with van der Waals surface area (Å²) in [7, 11) is 9.48. The minimum atomic E-state index is -3.96. The molecule has 0 fully saturated rings. The van der Waals surface area contributed by atoms with Crippen LogP contribution in [0.2, 0.25) is 0 Å². The zero-order valence-corrected chi connectivity index (χ0v) is 54.1. The SMILES string of the molecule is CO.COC(=O)[C@@H](N)Cc1ccc(O)cc1.COC(=O)[C@@H](N)Cc1ccc(O)cc1.COC(=O)[C@H](Cc1ccc(O)cc1)NC(=O)OC(C)(C)C.COC(=O)[C@H](Cc1ccc(OS(=O)(=O)c2ccc(C)cc2)cc1)NC(=O)OC(C)(C)C.Cl.O=S(Cl)Cl. The number of rotatable bonds is 17. The maximum absolute atomic E-state index is 12.4. The first-order valence-electron chi connectivity index (χ1n) is 25.5. The smallest absolute Gasteiger partial charge is 0.408 e. The molecule has 0 radical (unpaired) electrons. The average molecular weight is 1320 g/mol.